The molecule has 2 aromatic carbocycles. The van der Waals surface area contributed by atoms with Gasteiger partial charge in [0.05, 0.1) is 11.8 Å². The molecular weight excluding hydrogens is 392 g/mol. The zero-order valence-electron chi connectivity index (χ0n) is 12.8. The van der Waals surface area contributed by atoms with Crippen LogP contribution in [0.4, 0.5) is 0 Å². The molecular formula is C18H16BrClN2O2. The number of hydrogen-bond acceptors (Lipinski definition) is 2. The summed E-state index contributed by atoms with van der Waals surface area (Å²) in [6.45, 7) is 0. The molecule has 0 heterocycles. The average Bonchev–Trinajstić information content (AvgIpc) is 3.37. The van der Waals surface area contributed by atoms with Crippen molar-refractivity contribution in [2.45, 2.75) is 24.7 Å². The van der Waals surface area contributed by atoms with Crippen molar-refractivity contribution in [3.05, 3.63) is 69.2 Å². The number of rotatable bonds is 4. The van der Waals surface area contributed by atoms with Gasteiger partial charge in [-0.3, -0.25) is 20.4 Å². The lowest BCUT2D eigenvalue weighted by atomic mass is 9.95. The molecule has 1 aliphatic rings. The predicted molar refractivity (Wildman–Crippen MR) is 96.5 cm³/mol. The van der Waals surface area contributed by atoms with E-state index in [2.05, 4.69) is 26.8 Å². The van der Waals surface area contributed by atoms with Crippen LogP contribution in [0.1, 0.15) is 24.0 Å². The van der Waals surface area contributed by atoms with Crippen LogP contribution in [-0.2, 0) is 21.4 Å². The number of amides is 2. The van der Waals surface area contributed by atoms with Crippen LogP contribution in [0.5, 0.6) is 0 Å². The lowest BCUT2D eigenvalue weighted by Gasteiger charge is -2.16. The Morgan fingerprint density at radius 1 is 1.00 bits per heavy atom. The van der Waals surface area contributed by atoms with Gasteiger partial charge in [-0.2, -0.15) is 0 Å². The van der Waals surface area contributed by atoms with Gasteiger partial charge in [0, 0.05) is 9.50 Å². The zero-order chi connectivity index (χ0) is 17.2. The first-order valence-electron chi connectivity index (χ1n) is 7.59. The summed E-state index contributed by atoms with van der Waals surface area (Å²) in [5, 5.41) is 0.623. The average molecular weight is 408 g/mol. The third-order valence-electron chi connectivity index (χ3n) is 4.17. The molecule has 2 aromatic rings. The van der Waals surface area contributed by atoms with E-state index in [1.165, 1.54) is 0 Å². The van der Waals surface area contributed by atoms with E-state index in [4.69, 9.17) is 11.6 Å². The summed E-state index contributed by atoms with van der Waals surface area (Å²) >= 11 is 9.21. The van der Waals surface area contributed by atoms with Gasteiger partial charge >= 0.3 is 0 Å². The van der Waals surface area contributed by atoms with Crippen LogP contribution in [0.2, 0.25) is 5.02 Å². The van der Waals surface area contributed by atoms with E-state index in [0.29, 0.717) is 5.02 Å². The molecule has 0 saturated heterocycles. The maximum absolute atomic E-state index is 12.5. The monoisotopic (exact) mass is 406 g/mol. The fourth-order valence-electron chi connectivity index (χ4n) is 2.62. The molecule has 0 atom stereocenters. The van der Waals surface area contributed by atoms with Crippen molar-refractivity contribution in [1.29, 1.82) is 0 Å². The summed E-state index contributed by atoms with van der Waals surface area (Å²) in [4.78, 5) is 24.4. The van der Waals surface area contributed by atoms with Crippen molar-refractivity contribution in [2.24, 2.45) is 0 Å². The Labute approximate surface area is 153 Å². The van der Waals surface area contributed by atoms with Crippen molar-refractivity contribution in [2.75, 3.05) is 0 Å². The molecule has 0 unspecified atom stereocenters. The first kappa shape index (κ1) is 17.0. The Kier molecular flexibility index (Phi) is 4.92. The molecule has 2 N–H and O–H groups in total. The minimum atomic E-state index is -0.520. The molecule has 0 aromatic heterocycles. The largest absolute Gasteiger partial charge is 0.273 e. The Balaban J connectivity index is 1.56. The molecule has 3 rings (SSSR count). The molecule has 0 aliphatic heterocycles. The van der Waals surface area contributed by atoms with Gasteiger partial charge in [0.2, 0.25) is 11.8 Å². The second-order valence-corrected chi connectivity index (χ2v) is 7.25. The van der Waals surface area contributed by atoms with Gasteiger partial charge in [-0.15, -0.1) is 0 Å². The number of hydrogen-bond donors (Lipinski definition) is 2. The number of carbonyl (C=O) groups excluding carboxylic acids is 2. The summed E-state index contributed by atoms with van der Waals surface area (Å²) in [5.74, 6) is -0.438. The van der Waals surface area contributed by atoms with E-state index in [9.17, 15) is 9.59 Å². The minimum absolute atomic E-state index is 0.172. The molecule has 124 valence electrons. The first-order chi connectivity index (χ1) is 11.5. The molecule has 0 radical (unpaired) electrons. The van der Waals surface area contributed by atoms with Gasteiger partial charge < -0.3 is 0 Å². The normalized spacial score (nSPS) is 14.8. The zero-order valence-corrected chi connectivity index (χ0v) is 15.2. The predicted octanol–water partition coefficient (Wildman–Crippen LogP) is 3.52. The second-order valence-electron chi connectivity index (χ2n) is 5.89. The van der Waals surface area contributed by atoms with Crippen molar-refractivity contribution >= 4 is 39.3 Å². The molecule has 4 nitrogen and oxygen atoms in total. The Morgan fingerprint density at radius 3 is 2.21 bits per heavy atom. The summed E-state index contributed by atoms with van der Waals surface area (Å²) in [6, 6.07) is 14.7. The lowest BCUT2D eigenvalue weighted by Crippen LogP contribution is -2.47. The van der Waals surface area contributed by atoms with Crippen LogP contribution >= 0.6 is 27.5 Å². The van der Waals surface area contributed by atoms with E-state index in [-0.39, 0.29) is 18.2 Å². The van der Waals surface area contributed by atoms with Crippen molar-refractivity contribution in [3.63, 3.8) is 0 Å². The van der Waals surface area contributed by atoms with E-state index in [1.807, 2.05) is 24.3 Å². The van der Waals surface area contributed by atoms with Gasteiger partial charge in [-0.1, -0.05) is 51.8 Å². The summed E-state index contributed by atoms with van der Waals surface area (Å²) in [7, 11) is 0. The van der Waals surface area contributed by atoms with E-state index >= 15 is 0 Å². The standard InChI is InChI=1S/C18H16BrClN2O2/c19-14-5-3-13(4-6-14)18(9-10-18)17(24)22-21-16(23)11-12-1-7-15(20)8-2-12/h1-8H,9-11H2,(H,21,23)(H,22,24). The highest BCUT2D eigenvalue weighted by Crippen LogP contribution is 2.48. The van der Waals surface area contributed by atoms with Crippen molar-refractivity contribution in [1.82, 2.24) is 10.9 Å². The van der Waals surface area contributed by atoms with Crippen LogP contribution in [0.3, 0.4) is 0 Å². The molecule has 0 spiro atoms. The summed E-state index contributed by atoms with van der Waals surface area (Å²) < 4.78 is 0.971. The second kappa shape index (κ2) is 6.95. The SMILES string of the molecule is O=C(Cc1ccc(Cl)cc1)NNC(=O)C1(c2ccc(Br)cc2)CC1. The van der Waals surface area contributed by atoms with Gasteiger partial charge in [0.25, 0.3) is 0 Å². The third-order valence-corrected chi connectivity index (χ3v) is 4.96. The number of hydrazine groups is 1. The maximum Gasteiger partial charge on any atom is 0.249 e. The molecule has 1 fully saturated rings. The van der Waals surface area contributed by atoms with Crippen LogP contribution in [0.25, 0.3) is 0 Å². The molecule has 6 heteroatoms. The number of halogens is 2. The van der Waals surface area contributed by atoms with Gasteiger partial charge in [-0.25, -0.2) is 0 Å². The first-order valence-corrected chi connectivity index (χ1v) is 8.76. The van der Waals surface area contributed by atoms with Crippen LogP contribution < -0.4 is 10.9 Å². The highest BCUT2D eigenvalue weighted by Gasteiger charge is 2.51. The van der Waals surface area contributed by atoms with E-state index < -0.39 is 5.41 Å². The quantitative estimate of drug-likeness (QED) is 0.762. The fraction of sp³-hybridized carbons (Fsp3) is 0.222. The molecule has 2 amide bonds. The highest BCUT2D eigenvalue weighted by molar-refractivity contribution is 9.10. The Hall–Kier alpha value is -1.85. The van der Waals surface area contributed by atoms with Gasteiger partial charge in [-0.05, 0) is 48.2 Å². The molecule has 24 heavy (non-hydrogen) atoms. The van der Waals surface area contributed by atoms with E-state index in [1.54, 1.807) is 24.3 Å². The third kappa shape index (κ3) is 3.79. The van der Waals surface area contributed by atoms with Crippen molar-refractivity contribution < 1.29 is 9.59 Å². The van der Waals surface area contributed by atoms with Gasteiger partial charge in [0.1, 0.15) is 0 Å². The van der Waals surface area contributed by atoms with Crippen molar-refractivity contribution in [3.8, 4) is 0 Å². The topological polar surface area (TPSA) is 58.2 Å². The molecule has 1 aliphatic carbocycles. The van der Waals surface area contributed by atoms with E-state index in [0.717, 1.165) is 28.4 Å². The fourth-order valence-corrected chi connectivity index (χ4v) is 3.01. The van der Waals surface area contributed by atoms with Crippen LogP contribution in [0, 0.1) is 0 Å². The Morgan fingerprint density at radius 2 is 1.62 bits per heavy atom. The maximum atomic E-state index is 12.5. The smallest absolute Gasteiger partial charge is 0.249 e. The van der Waals surface area contributed by atoms with Crippen LogP contribution in [-0.4, -0.2) is 11.8 Å². The van der Waals surface area contributed by atoms with Crippen LogP contribution in [0.15, 0.2) is 53.0 Å². The van der Waals surface area contributed by atoms with Gasteiger partial charge in [0.15, 0.2) is 0 Å². The number of carbonyl (C=O) groups is 2. The highest BCUT2D eigenvalue weighted by atomic mass is 79.9. The summed E-state index contributed by atoms with van der Waals surface area (Å²) in [5.41, 5.74) is 6.33. The minimum Gasteiger partial charge on any atom is -0.273 e. The molecule has 1 saturated carbocycles. The summed E-state index contributed by atoms with van der Waals surface area (Å²) in [6.07, 6.45) is 1.75. The molecule has 0 bridgehead atoms. The lowest BCUT2D eigenvalue weighted by molar-refractivity contribution is -0.130. The Bertz CT molecular complexity index is 756. The number of benzene rings is 2. The number of nitrogens with one attached hydrogen (secondary N) is 2.